The predicted molar refractivity (Wildman–Crippen MR) is 65.6 cm³/mol. The zero-order chi connectivity index (χ0) is 14.0. The normalized spacial score (nSPS) is 15.8. The van der Waals surface area contributed by atoms with E-state index in [0.717, 1.165) is 0 Å². The molecule has 1 aromatic heterocycles. The van der Waals surface area contributed by atoms with Crippen molar-refractivity contribution in [1.29, 1.82) is 0 Å². The van der Waals surface area contributed by atoms with Crippen molar-refractivity contribution in [2.24, 2.45) is 7.05 Å². The first-order chi connectivity index (χ1) is 8.99. The summed E-state index contributed by atoms with van der Waals surface area (Å²) in [5.41, 5.74) is 0.0755. The van der Waals surface area contributed by atoms with Crippen LogP contribution in [0.15, 0.2) is 12.3 Å². The number of rotatable bonds is 2. The summed E-state index contributed by atoms with van der Waals surface area (Å²) in [5, 5.41) is 13.3. The molecule has 0 spiro atoms. The molecule has 8 nitrogen and oxygen atoms in total. The molecular formula is C11H14N4O4. The van der Waals surface area contributed by atoms with Crippen molar-refractivity contribution in [1.82, 2.24) is 14.8 Å². The summed E-state index contributed by atoms with van der Waals surface area (Å²) in [6, 6.07) is 1.23. The van der Waals surface area contributed by atoms with Gasteiger partial charge in [-0.15, -0.1) is 0 Å². The lowest BCUT2D eigenvalue weighted by Crippen LogP contribution is -2.38. The molecule has 19 heavy (non-hydrogen) atoms. The Morgan fingerprint density at radius 1 is 1.53 bits per heavy atom. The molecule has 1 N–H and O–H groups in total. The maximum atomic E-state index is 12.3. The molecule has 8 heteroatoms. The van der Waals surface area contributed by atoms with Gasteiger partial charge in [0.15, 0.2) is 0 Å². The third kappa shape index (κ3) is 2.72. The SMILES string of the molecule is Cn1cc([N+](=O)[O-])cc1C(=O)N1CCCNC(=O)C1. The molecule has 0 atom stereocenters. The van der Waals surface area contributed by atoms with Gasteiger partial charge in [-0.3, -0.25) is 19.7 Å². The summed E-state index contributed by atoms with van der Waals surface area (Å²) in [5.74, 6) is -0.581. The summed E-state index contributed by atoms with van der Waals surface area (Å²) in [4.78, 5) is 35.2. The molecule has 1 aliphatic heterocycles. The van der Waals surface area contributed by atoms with E-state index in [-0.39, 0.29) is 29.7 Å². The largest absolute Gasteiger partial charge is 0.354 e. The molecular weight excluding hydrogens is 252 g/mol. The molecule has 1 aliphatic rings. The van der Waals surface area contributed by atoms with Gasteiger partial charge in [0.2, 0.25) is 5.91 Å². The van der Waals surface area contributed by atoms with E-state index < -0.39 is 4.92 Å². The van der Waals surface area contributed by atoms with Gasteiger partial charge in [0.1, 0.15) is 5.69 Å². The van der Waals surface area contributed by atoms with Crippen LogP contribution in [-0.2, 0) is 11.8 Å². The first-order valence-electron chi connectivity index (χ1n) is 5.86. The molecule has 0 saturated carbocycles. The number of nitrogens with zero attached hydrogens (tertiary/aromatic N) is 3. The van der Waals surface area contributed by atoms with Crippen molar-refractivity contribution < 1.29 is 14.5 Å². The van der Waals surface area contributed by atoms with E-state index in [4.69, 9.17) is 0 Å². The molecule has 1 saturated heterocycles. The van der Waals surface area contributed by atoms with Gasteiger partial charge in [-0.1, -0.05) is 0 Å². The summed E-state index contributed by atoms with van der Waals surface area (Å²) in [6.07, 6.45) is 1.95. The Hall–Kier alpha value is -2.38. The predicted octanol–water partition coefficient (Wildman–Crippen LogP) is -0.105. The van der Waals surface area contributed by atoms with E-state index in [2.05, 4.69) is 5.32 Å². The second-order valence-electron chi connectivity index (χ2n) is 4.38. The number of carbonyl (C=O) groups is 2. The average Bonchev–Trinajstić information content (AvgIpc) is 2.60. The molecule has 1 aromatic rings. The van der Waals surface area contributed by atoms with Crippen LogP contribution in [0.2, 0.25) is 0 Å². The fraction of sp³-hybridized carbons (Fsp3) is 0.455. The van der Waals surface area contributed by atoms with Crippen LogP contribution in [-0.4, -0.2) is 45.8 Å². The van der Waals surface area contributed by atoms with Gasteiger partial charge < -0.3 is 14.8 Å². The van der Waals surface area contributed by atoms with Crippen molar-refractivity contribution in [2.45, 2.75) is 6.42 Å². The highest BCUT2D eigenvalue weighted by Crippen LogP contribution is 2.17. The van der Waals surface area contributed by atoms with Crippen LogP contribution in [0.1, 0.15) is 16.9 Å². The highest BCUT2D eigenvalue weighted by atomic mass is 16.6. The Morgan fingerprint density at radius 3 is 2.89 bits per heavy atom. The van der Waals surface area contributed by atoms with Crippen LogP contribution >= 0.6 is 0 Å². The number of aromatic nitrogens is 1. The Bertz CT molecular complexity index is 537. The van der Waals surface area contributed by atoms with E-state index in [0.29, 0.717) is 19.5 Å². The van der Waals surface area contributed by atoms with E-state index in [1.54, 1.807) is 7.05 Å². The Kier molecular flexibility index (Phi) is 3.50. The number of aryl methyl sites for hydroxylation is 1. The van der Waals surface area contributed by atoms with Crippen molar-refractivity contribution >= 4 is 17.5 Å². The van der Waals surface area contributed by atoms with Crippen molar-refractivity contribution in [3.05, 3.63) is 28.1 Å². The molecule has 2 rings (SSSR count). The van der Waals surface area contributed by atoms with Gasteiger partial charge in [-0.2, -0.15) is 0 Å². The van der Waals surface area contributed by atoms with Crippen LogP contribution in [0.5, 0.6) is 0 Å². The number of carbonyl (C=O) groups excluding carboxylic acids is 2. The first kappa shape index (κ1) is 13.1. The minimum Gasteiger partial charge on any atom is -0.354 e. The quantitative estimate of drug-likeness (QED) is 0.596. The maximum Gasteiger partial charge on any atom is 0.287 e. The fourth-order valence-corrected chi connectivity index (χ4v) is 2.00. The summed E-state index contributed by atoms with van der Waals surface area (Å²) >= 11 is 0. The summed E-state index contributed by atoms with van der Waals surface area (Å²) in [6.45, 7) is 0.976. The minimum atomic E-state index is -0.550. The van der Waals surface area contributed by atoms with E-state index in [9.17, 15) is 19.7 Å². The lowest BCUT2D eigenvalue weighted by atomic mass is 10.3. The topological polar surface area (TPSA) is 97.5 Å². The summed E-state index contributed by atoms with van der Waals surface area (Å²) < 4.78 is 1.41. The molecule has 0 unspecified atom stereocenters. The Labute approximate surface area is 109 Å². The van der Waals surface area contributed by atoms with Crippen LogP contribution in [0.25, 0.3) is 0 Å². The second kappa shape index (κ2) is 5.09. The van der Waals surface area contributed by atoms with Gasteiger partial charge in [0, 0.05) is 26.2 Å². The van der Waals surface area contributed by atoms with E-state index >= 15 is 0 Å². The van der Waals surface area contributed by atoms with Crippen LogP contribution in [0, 0.1) is 10.1 Å². The van der Waals surface area contributed by atoms with Crippen molar-refractivity contribution in [2.75, 3.05) is 19.6 Å². The monoisotopic (exact) mass is 266 g/mol. The molecule has 0 radical (unpaired) electrons. The van der Waals surface area contributed by atoms with Crippen LogP contribution in [0.3, 0.4) is 0 Å². The van der Waals surface area contributed by atoms with Crippen LogP contribution < -0.4 is 5.32 Å². The van der Waals surface area contributed by atoms with Gasteiger partial charge in [0.05, 0.1) is 17.7 Å². The van der Waals surface area contributed by atoms with E-state index in [1.807, 2.05) is 0 Å². The highest BCUT2D eigenvalue weighted by Gasteiger charge is 2.25. The molecule has 2 amide bonds. The van der Waals surface area contributed by atoms with E-state index in [1.165, 1.54) is 21.7 Å². The Balaban J connectivity index is 2.23. The van der Waals surface area contributed by atoms with Gasteiger partial charge in [-0.25, -0.2) is 0 Å². The maximum absolute atomic E-state index is 12.3. The average molecular weight is 266 g/mol. The number of hydrogen-bond acceptors (Lipinski definition) is 4. The molecule has 0 aliphatic carbocycles. The number of amides is 2. The Morgan fingerprint density at radius 2 is 2.26 bits per heavy atom. The number of hydrogen-bond donors (Lipinski definition) is 1. The third-order valence-electron chi connectivity index (χ3n) is 2.97. The zero-order valence-electron chi connectivity index (χ0n) is 10.5. The van der Waals surface area contributed by atoms with Gasteiger partial charge in [-0.05, 0) is 6.42 Å². The second-order valence-corrected chi connectivity index (χ2v) is 4.38. The van der Waals surface area contributed by atoms with Crippen molar-refractivity contribution in [3.8, 4) is 0 Å². The van der Waals surface area contributed by atoms with Gasteiger partial charge in [0.25, 0.3) is 11.6 Å². The molecule has 102 valence electrons. The molecule has 1 fully saturated rings. The first-order valence-corrected chi connectivity index (χ1v) is 5.86. The van der Waals surface area contributed by atoms with Crippen LogP contribution in [0.4, 0.5) is 5.69 Å². The van der Waals surface area contributed by atoms with Gasteiger partial charge >= 0.3 is 0 Å². The highest BCUT2D eigenvalue weighted by molar-refractivity contribution is 5.96. The number of nitro groups is 1. The molecule has 0 bridgehead atoms. The summed E-state index contributed by atoms with van der Waals surface area (Å²) in [7, 11) is 1.57. The lowest BCUT2D eigenvalue weighted by molar-refractivity contribution is -0.384. The number of nitrogens with one attached hydrogen (secondary N) is 1. The van der Waals surface area contributed by atoms with Crippen molar-refractivity contribution in [3.63, 3.8) is 0 Å². The molecule has 0 aromatic carbocycles. The third-order valence-corrected chi connectivity index (χ3v) is 2.97. The molecule has 2 heterocycles. The smallest absolute Gasteiger partial charge is 0.287 e. The standard InChI is InChI=1S/C11H14N4O4/c1-13-6-8(15(18)19)5-9(13)11(17)14-4-2-3-12-10(16)7-14/h5-6H,2-4,7H2,1H3,(H,12,16). The fourth-order valence-electron chi connectivity index (χ4n) is 2.00. The zero-order valence-corrected chi connectivity index (χ0v) is 10.5. The lowest BCUT2D eigenvalue weighted by Gasteiger charge is -2.18. The minimum absolute atomic E-state index is 0.0161.